The number of halogens is 1. The summed E-state index contributed by atoms with van der Waals surface area (Å²) in [5.74, 6) is -0.826. The molecule has 0 aliphatic carbocycles. The number of carbonyl (C=O) groups is 2. The van der Waals surface area contributed by atoms with Crippen molar-refractivity contribution in [3.8, 4) is 0 Å². The van der Waals surface area contributed by atoms with Crippen LogP contribution in [0.5, 0.6) is 0 Å². The van der Waals surface area contributed by atoms with E-state index < -0.39 is 11.4 Å². The van der Waals surface area contributed by atoms with Crippen LogP contribution in [0, 0.1) is 12.3 Å². The molecule has 1 amide bonds. The molecule has 1 saturated heterocycles. The highest BCUT2D eigenvalue weighted by molar-refractivity contribution is 9.10. The molecule has 1 aromatic carbocycles. The van der Waals surface area contributed by atoms with Gasteiger partial charge in [-0.1, -0.05) is 22.0 Å². The molecule has 2 rings (SSSR count). The Balaban J connectivity index is 2.05. The smallest absolute Gasteiger partial charge is 0.311 e. The summed E-state index contributed by atoms with van der Waals surface area (Å²) in [6.45, 7) is 4.50. The fourth-order valence-corrected chi connectivity index (χ4v) is 2.96. The lowest BCUT2D eigenvalue weighted by Gasteiger charge is -2.20. The molecule has 1 N–H and O–H groups in total. The van der Waals surface area contributed by atoms with Crippen LogP contribution in [0.4, 0.5) is 0 Å². The molecule has 1 fully saturated rings. The number of hydrogen-bond acceptors (Lipinski definition) is 2. The van der Waals surface area contributed by atoms with Crippen LogP contribution in [0.15, 0.2) is 22.7 Å². The predicted molar refractivity (Wildman–Crippen MR) is 79.5 cm³/mol. The van der Waals surface area contributed by atoms with Crippen molar-refractivity contribution in [1.82, 2.24) is 4.90 Å². The summed E-state index contributed by atoms with van der Waals surface area (Å²) in [5.41, 5.74) is 1.25. The van der Waals surface area contributed by atoms with Gasteiger partial charge in [0.15, 0.2) is 0 Å². The fraction of sp³-hybridized carbons (Fsp3) is 0.467. The lowest BCUT2D eigenvalue weighted by atomic mass is 9.90. The second kappa shape index (κ2) is 5.56. The van der Waals surface area contributed by atoms with Gasteiger partial charge in [0.2, 0.25) is 5.91 Å². The topological polar surface area (TPSA) is 57.6 Å². The third-order valence-corrected chi connectivity index (χ3v) is 4.48. The van der Waals surface area contributed by atoms with Crippen LogP contribution >= 0.6 is 15.9 Å². The number of benzene rings is 1. The molecule has 0 radical (unpaired) electrons. The lowest BCUT2D eigenvalue weighted by molar-refractivity contribution is -0.147. The van der Waals surface area contributed by atoms with Crippen molar-refractivity contribution < 1.29 is 14.7 Å². The number of carbonyl (C=O) groups excluding carboxylic acids is 1. The number of aliphatic carboxylic acids is 1. The molecule has 1 aliphatic heterocycles. The highest BCUT2D eigenvalue weighted by Gasteiger charge is 2.41. The van der Waals surface area contributed by atoms with Crippen LogP contribution in [-0.4, -0.2) is 35.0 Å². The van der Waals surface area contributed by atoms with Crippen molar-refractivity contribution in [2.45, 2.75) is 26.7 Å². The summed E-state index contributed by atoms with van der Waals surface area (Å²) in [4.78, 5) is 25.1. The minimum atomic E-state index is -0.826. The zero-order chi connectivity index (χ0) is 14.9. The lowest BCUT2D eigenvalue weighted by Crippen LogP contribution is -2.35. The maximum absolute atomic E-state index is 12.3. The second-order valence-corrected chi connectivity index (χ2v) is 6.59. The Bertz CT molecular complexity index is 558. The van der Waals surface area contributed by atoms with E-state index in [1.165, 1.54) is 0 Å². The van der Waals surface area contributed by atoms with Gasteiger partial charge >= 0.3 is 5.97 Å². The average Bonchev–Trinajstić information content (AvgIpc) is 2.77. The van der Waals surface area contributed by atoms with E-state index in [1.807, 2.05) is 25.1 Å². The zero-order valence-electron chi connectivity index (χ0n) is 11.6. The van der Waals surface area contributed by atoms with E-state index in [0.29, 0.717) is 25.9 Å². The normalized spacial score (nSPS) is 22.1. The van der Waals surface area contributed by atoms with Crippen LogP contribution in [0.3, 0.4) is 0 Å². The number of aryl methyl sites for hydroxylation is 1. The van der Waals surface area contributed by atoms with Gasteiger partial charge in [-0.2, -0.15) is 0 Å². The molecule has 0 aromatic heterocycles. The third-order valence-electron chi connectivity index (χ3n) is 3.99. The Morgan fingerprint density at radius 3 is 2.70 bits per heavy atom. The minimum Gasteiger partial charge on any atom is -0.481 e. The van der Waals surface area contributed by atoms with Gasteiger partial charge in [0, 0.05) is 17.6 Å². The van der Waals surface area contributed by atoms with Crippen molar-refractivity contribution in [3.05, 3.63) is 33.8 Å². The molecule has 1 heterocycles. The highest BCUT2D eigenvalue weighted by Crippen LogP contribution is 2.30. The Morgan fingerprint density at radius 1 is 1.45 bits per heavy atom. The molecule has 0 saturated carbocycles. The Morgan fingerprint density at radius 2 is 2.15 bits per heavy atom. The fourth-order valence-electron chi connectivity index (χ4n) is 2.48. The molecule has 0 bridgehead atoms. The minimum absolute atomic E-state index is 0.000368. The Hall–Kier alpha value is -1.36. The van der Waals surface area contributed by atoms with Crippen molar-refractivity contribution in [3.63, 3.8) is 0 Å². The van der Waals surface area contributed by atoms with Gasteiger partial charge in [-0.05, 0) is 43.5 Å². The molecule has 1 aromatic rings. The van der Waals surface area contributed by atoms with Crippen LogP contribution in [0.25, 0.3) is 0 Å². The van der Waals surface area contributed by atoms with E-state index in [4.69, 9.17) is 0 Å². The number of hydrogen-bond donors (Lipinski definition) is 1. The maximum Gasteiger partial charge on any atom is 0.311 e. The van der Waals surface area contributed by atoms with Gasteiger partial charge < -0.3 is 10.0 Å². The molecular formula is C15H18BrNO3. The first kappa shape index (κ1) is 15.0. The standard InChI is InChI=1S/C15H18BrNO3/c1-10-7-12(16)4-3-11(10)8-13(18)17-6-5-15(2,9-17)14(19)20/h3-4,7H,5-6,8-9H2,1-2H3,(H,19,20). The predicted octanol–water partition coefficient (Wildman–Crippen LogP) is 2.62. The van der Waals surface area contributed by atoms with E-state index >= 15 is 0 Å². The van der Waals surface area contributed by atoms with E-state index in [9.17, 15) is 14.7 Å². The number of carboxylic acids is 1. The average molecular weight is 340 g/mol. The molecule has 1 aliphatic rings. The summed E-state index contributed by atoms with van der Waals surface area (Å²) in [6.07, 6.45) is 0.849. The largest absolute Gasteiger partial charge is 0.481 e. The van der Waals surface area contributed by atoms with Gasteiger partial charge in [0.25, 0.3) is 0 Å². The number of likely N-dealkylation sites (tertiary alicyclic amines) is 1. The molecule has 4 nitrogen and oxygen atoms in total. The Kier molecular flexibility index (Phi) is 4.18. The van der Waals surface area contributed by atoms with E-state index in [2.05, 4.69) is 15.9 Å². The third kappa shape index (κ3) is 3.03. The molecular weight excluding hydrogens is 322 g/mol. The van der Waals surface area contributed by atoms with Gasteiger partial charge in [0.1, 0.15) is 0 Å². The Labute approximate surface area is 126 Å². The first-order valence-corrected chi connectivity index (χ1v) is 7.37. The van der Waals surface area contributed by atoms with Crippen molar-refractivity contribution in [2.75, 3.05) is 13.1 Å². The molecule has 108 valence electrons. The SMILES string of the molecule is Cc1cc(Br)ccc1CC(=O)N1CCC(C)(C(=O)O)C1. The highest BCUT2D eigenvalue weighted by atomic mass is 79.9. The van der Waals surface area contributed by atoms with E-state index in [1.54, 1.807) is 11.8 Å². The summed E-state index contributed by atoms with van der Waals surface area (Å²) >= 11 is 3.40. The van der Waals surface area contributed by atoms with Gasteiger partial charge in [-0.25, -0.2) is 0 Å². The summed E-state index contributed by atoms with van der Waals surface area (Å²) in [7, 11) is 0. The summed E-state index contributed by atoms with van der Waals surface area (Å²) in [6, 6.07) is 5.83. The zero-order valence-corrected chi connectivity index (χ0v) is 13.2. The second-order valence-electron chi connectivity index (χ2n) is 5.68. The molecule has 20 heavy (non-hydrogen) atoms. The molecule has 0 spiro atoms. The maximum atomic E-state index is 12.3. The van der Waals surface area contributed by atoms with Crippen molar-refractivity contribution in [1.29, 1.82) is 0 Å². The summed E-state index contributed by atoms with van der Waals surface area (Å²) < 4.78 is 0.992. The van der Waals surface area contributed by atoms with Gasteiger partial charge in [-0.15, -0.1) is 0 Å². The number of carboxylic acid groups (broad SMARTS) is 1. The monoisotopic (exact) mass is 339 g/mol. The molecule has 1 atom stereocenters. The van der Waals surface area contributed by atoms with E-state index in [0.717, 1.165) is 15.6 Å². The molecule has 5 heteroatoms. The van der Waals surface area contributed by atoms with Gasteiger partial charge in [0.05, 0.1) is 11.8 Å². The van der Waals surface area contributed by atoms with Crippen molar-refractivity contribution in [2.24, 2.45) is 5.41 Å². The molecule has 1 unspecified atom stereocenters. The van der Waals surface area contributed by atoms with Crippen LogP contribution in [0.1, 0.15) is 24.5 Å². The van der Waals surface area contributed by atoms with Gasteiger partial charge in [-0.3, -0.25) is 9.59 Å². The quantitative estimate of drug-likeness (QED) is 0.920. The van der Waals surface area contributed by atoms with Crippen LogP contribution < -0.4 is 0 Å². The number of rotatable bonds is 3. The number of nitrogens with zero attached hydrogens (tertiary/aromatic N) is 1. The van der Waals surface area contributed by atoms with E-state index in [-0.39, 0.29) is 5.91 Å². The number of amides is 1. The first-order valence-electron chi connectivity index (χ1n) is 6.58. The summed E-state index contributed by atoms with van der Waals surface area (Å²) in [5, 5.41) is 9.19. The van der Waals surface area contributed by atoms with Crippen molar-refractivity contribution >= 4 is 27.8 Å². The van der Waals surface area contributed by atoms with Crippen LogP contribution in [-0.2, 0) is 16.0 Å². The first-order chi connectivity index (χ1) is 9.32. The van der Waals surface area contributed by atoms with Crippen LogP contribution in [0.2, 0.25) is 0 Å².